The number of carbonyl (C=O) groups is 1. The quantitative estimate of drug-likeness (QED) is 0.567. The Morgan fingerprint density at radius 1 is 1.56 bits per heavy atom. The Hall–Kier alpha value is -1.91. The number of nitrogens with two attached hydrogens (primary N) is 1. The van der Waals surface area contributed by atoms with Crippen molar-refractivity contribution in [2.45, 2.75) is 12.5 Å². The van der Waals surface area contributed by atoms with Crippen molar-refractivity contribution in [1.82, 2.24) is 4.90 Å². The van der Waals surface area contributed by atoms with Gasteiger partial charge in [-0.3, -0.25) is 4.79 Å². The van der Waals surface area contributed by atoms with Crippen molar-refractivity contribution >= 4 is 11.6 Å². The fourth-order valence-electron chi connectivity index (χ4n) is 1.69. The van der Waals surface area contributed by atoms with E-state index in [0.29, 0.717) is 18.7 Å². The first kappa shape index (κ1) is 10.6. The van der Waals surface area contributed by atoms with Gasteiger partial charge in [-0.1, -0.05) is 6.07 Å². The van der Waals surface area contributed by atoms with E-state index < -0.39 is 6.10 Å². The maximum atomic E-state index is 11.6. The molecule has 1 unspecified atom stereocenters. The molecule has 2 rings (SSSR count). The highest BCUT2D eigenvalue weighted by molar-refractivity contribution is 5.83. The maximum absolute atomic E-state index is 11.6. The third kappa shape index (κ3) is 1.76. The van der Waals surface area contributed by atoms with Crippen LogP contribution in [0.2, 0.25) is 0 Å². The molecule has 1 aromatic carbocycles. The summed E-state index contributed by atoms with van der Waals surface area (Å²) in [6.07, 6.45) is 0.152. The number of para-hydroxylation sites is 1. The van der Waals surface area contributed by atoms with Crippen LogP contribution in [0.15, 0.2) is 18.2 Å². The number of benzene rings is 1. The fraction of sp³-hybridized carbons (Fsp3) is 0.364. The fourth-order valence-corrected chi connectivity index (χ4v) is 1.69. The van der Waals surface area contributed by atoms with Crippen LogP contribution in [-0.4, -0.2) is 35.6 Å². The van der Waals surface area contributed by atoms with Crippen molar-refractivity contribution in [2.24, 2.45) is 0 Å². The van der Waals surface area contributed by atoms with E-state index in [0.717, 1.165) is 0 Å². The van der Waals surface area contributed by atoms with E-state index in [1.54, 1.807) is 24.1 Å². The van der Waals surface area contributed by atoms with Gasteiger partial charge in [-0.15, -0.1) is 0 Å². The normalized spacial score (nSPS) is 20.2. The Bertz CT molecular complexity index is 420. The molecule has 5 nitrogen and oxygen atoms in total. The molecule has 1 fully saturated rings. The molecule has 1 amide bonds. The predicted molar refractivity (Wildman–Crippen MR) is 59.2 cm³/mol. The van der Waals surface area contributed by atoms with Crippen molar-refractivity contribution in [3.63, 3.8) is 0 Å². The molecular formula is C11H14N2O3. The molecular weight excluding hydrogens is 208 g/mol. The van der Waals surface area contributed by atoms with Gasteiger partial charge in [0.05, 0.1) is 0 Å². The van der Waals surface area contributed by atoms with E-state index in [1.807, 2.05) is 0 Å². The van der Waals surface area contributed by atoms with Gasteiger partial charge in [0, 0.05) is 20.0 Å². The summed E-state index contributed by atoms with van der Waals surface area (Å²) >= 11 is 0. The Kier molecular flexibility index (Phi) is 2.60. The number of ether oxygens (including phenoxy) is 1. The molecule has 1 aliphatic rings. The maximum Gasteiger partial charge on any atom is 0.263 e. The van der Waals surface area contributed by atoms with Gasteiger partial charge in [-0.2, -0.15) is 0 Å². The molecule has 0 radical (unpaired) electrons. The number of hydrogen-bond donors (Lipinski definition) is 2. The van der Waals surface area contributed by atoms with Crippen LogP contribution in [0.5, 0.6) is 11.5 Å². The van der Waals surface area contributed by atoms with Crippen LogP contribution in [-0.2, 0) is 4.79 Å². The van der Waals surface area contributed by atoms with Crippen LogP contribution in [0.1, 0.15) is 6.42 Å². The van der Waals surface area contributed by atoms with E-state index in [2.05, 4.69) is 0 Å². The summed E-state index contributed by atoms with van der Waals surface area (Å²) in [5.74, 6) is 0.271. The number of nitrogens with zero attached hydrogens (tertiary/aromatic N) is 1. The van der Waals surface area contributed by atoms with Gasteiger partial charge in [0.25, 0.3) is 5.91 Å². The second-order valence-corrected chi connectivity index (χ2v) is 3.84. The van der Waals surface area contributed by atoms with E-state index >= 15 is 0 Å². The first-order valence-corrected chi connectivity index (χ1v) is 5.08. The van der Waals surface area contributed by atoms with Gasteiger partial charge in [0.2, 0.25) is 0 Å². The SMILES string of the molecule is CN1CCC(Oc2cccc(O)c2N)C1=O. The highest BCUT2D eigenvalue weighted by Crippen LogP contribution is 2.31. The molecule has 0 bridgehead atoms. The molecule has 0 aliphatic carbocycles. The van der Waals surface area contributed by atoms with E-state index in [-0.39, 0.29) is 17.3 Å². The number of carbonyl (C=O) groups excluding carboxylic acids is 1. The minimum absolute atomic E-state index is 0.0312. The summed E-state index contributed by atoms with van der Waals surface area (Å²) < 4.78 is 5.49. The summed E-state index contributed by atoms with van der Waals surface area (Å²) in [5, 5.41) is 9.39. The molecule has 1 heterocycles. The summed E-state index contributed by atoms with van der Waals surface area (Å²) in [6, 6.07) is 4.75. The number of amides is 1. The second-order valence-electron chi connectivity index (χ2n) is 3.84. The summed E-state index contributed by atoms with van der Waals surface area (Å²) in [6.45, 7) is 0.683. The van der Waals surface area contributed by atoms with Crippen LogP contribution in [0.4, 0.5) is 5.69 Å². The largest absolute Gasteiger partial charge is 0.506 e. The summed E-state index contributed by atoms with van der Waals surface area (Å²) in [5.41, 5.74) is 5.81. The monoisotopic (exact) mass is 222 g/mol. The lowest BCUT2D eigenvalue weighted by Gasteiger charge is -2.14. The average molecular weight is 222 g/mol. The van der Waals surface area contributed by atoms with Gasteiger partial charge in [0.15, 0.2) is 6.10 Å². The van der Waals surface area contributed by atoms with Crippen LogP contribution in [0.25, 0.3) is 0 Å². The van der Waals surface area contributed by atoms with Gasteiger partial charge in [0.1, 0.15) is 17.2 Å². The molecule has 1 atom stereocenters. The average Bonchev–Trinajstić information content (AvgIpc) is 2.57. The zero-order valence-electron chi connectivity index (χ0n) is 9.01. The Balaban J connectivity index is 2.16. The lowest BCUT2D eigenvalue weighted by Crippen LogP contribution is -2.29. The smallest absolute Gasteiger partial charge is 0.263 e. The molecule has 0 spiro atoms. The molecule has 1 aromatic rings. The molecule has 5 heteroatoms. The topological polar surface area (TPSA) is 75.8 Å². The molecule has 1 aliphatic heterocycles. The number of rotatable bonds is 2. The van der Waals surface area contributed by atoms with Crippen molar-refractivity contribution in [1.29, 1.82) is 0 Å². The zero-order chi connectivity index (χ0) is 11.7. The van der Waals surface area contributed by atoms with Gasteiger partial charge >= 0.3 is 0 Å². The summed E-state index contributed by atoms with van der Waals surface area (Å²) in [7, 11) is 1.73. The van der Waals surface area contributed by atoms with Gasteiger partial charge < -0.3 is 20.5 Å². The van der Waals surface area contributed by atoms with Crippen molar-refractivity contribution in [3.05, 3.63) is 18.2 Å². The van der Waals surface area contributed by atoms with E-state index in [4.69, 9.17) is 10.5 Å². The van der Waals surface area contributed by atoms with Crippen LogP contribution in [0, 0.1) is 0 Å². The lowest BCUT2D eigenvalue weighted by molar-refractivity contribution is -0.132. The number of phenolic OH excluding ortho intramolecular Hbond substituents is 1. The minimum Gasteiger partial charge on any atom is -0.506 e. The molecule has 1 saturated heterocycles. The number of nitrogen functional groups attached to an aromatic ring is 1. The minimum atomic E-state index is -0.492. The highest BCUT2D eigenvalue weighted by Gasteiger charge is 2.31. The lowest BCUT2D eigenvalue weighted by atomic mass is 10.2. The van der Waals surface area contributed by atoms with E-state index in [9.17, 15) is 9.90 Å². The Morgan fingerprint density at radius 3 is 2.94 bits per heavy atom. The molecule has 16 heavy (non-hydrogen) atoms. The standard InChI is InChI=1S/C11H14N2O3/c1-13-6-5-9(11(13)15)16-8-4-2-3-7(14)10(8)12/h2-4,9,14H,5-6,12H2,1H3. The van der Waals surface area contributed by atoms with Crippen LogP contribution in [0.3, 0.4) is 0 Å². The number of aromatic hydroxyl groups is 1. The molecule has 0 saturated carbocycles. The number of phenols is 1. The third-order valence-corrected chi connectivity index (χ3v) is 2.69. The van der Waals surface area contributed by atoms with Crippen LogP contribution >= 0.6 is 0 Å². The third-order valence-electron chi connectivity index (χ3n) is 2.69. The second kappa shape index (κ2) is 3.92. The first-order valence-electron chi connectivity index (χ1n) is 5.08. The molecule has 3 N–H and O–H groups in total. The van der Waals surface area contributed by atoms with E-state index in [1.165, 1.54) is 6.07 Å². The first-order chi connectivity index (χ1) is 7.59. The Labute approximate surface area is 93.4 Å². The van der Waals surface area contributed by atoms with Crippen molar-refractivity contribution < 1.29 is 14.6 Å². The molecule has 0 aromatic heterocycles. The number of likely N-dealkylation sites (N-methyl/N-ethyl adjacent to an activating group) is 1. The summed E-state index contributed by atoms with van der Waals surface area (Å²) in [4.78, 5) is 13.2. The highest BCUT2D eigenvalue weighted by atomic mass is 16.5. The number of hydrogen-bond acceptors (Lipinski definition) is 4. The number of anilines is 1. The Morgan fingerprint density at radius 2 is 2.31 bits per heavy atom. The van der Waals surface area contributed by atoms with Crippen molar-refractivity contribution in [2.75, 3.05) is 19.3 Å². The van der Waals surface area contributed by atoms with Crippen molar-refractivity contribution in [3.8, 4) is 11.5 Å². The zero-order valence-corrected chi connectivity index (χ0v) is 9.01. The predicted octanol–water partition coefficient (Wildman–Crippen LogP) is 0.584. The number of likely N-dealkylation sites (tertiary alicyclic amines) is 1. The van der Waals surface area contributed by atoms with Gasteiger partial charge in [-0.25, -0.2) is 0 Å². The van der Waals surface area contributed by atoms with Gasteiger partial charge in [-0.05, 0) is 12.1 Å². The molecule has 86 valence electrons. The van der Waals surface area contributed by atoms with Crippen LogP contribution < -0.4 is 10.5 Å².